The van der Waals surface area contributed by atoms with E-state index < -0.39 is 30.9 Å². The Balaban J connectivity index is 3.09. The van der Waals surface area contributed by atoms with E-state index in [4.69, 9.17) is 5.26 Å². The van der Waals surface area contributed by atoms with Gasteiger partial charge in [-0.05, 0) is 19.9 Å². The molecule has 0 fully saturated rings. The summed E-state index contributed by atoms with van der Waals surface area (Å²) in [5.41, 5.74) is -1.39. The topological polar surface area (TPSA) is 113 Å². The predicted octanol–water partition coefficient (Wildman–Crippen LogP) is 1.42. The van der Waals surface area contributed by atoms with E-state index in [0.717, 1.165) is 12.1 Å². The molecule has 1 aromatic rings. The molecule has 1 rings (SSSR count). The fourth-order valence-electron chi connectivity index (χ4n) is 1.23. The van der Waals surface area contributed by atoms with Crippen LogP contribution in [-0.2, 0) is 10.0 Å². The van der Waals surface area contributed by atoms with Crippen molar-refractivity contribution in [1.29, 1.82) is 5.26 Å². The maximum Gasteiger partial charge on any atom is 0.289 e. The van der Waals surface area contributed by atoms with Gasteiger partial charge >= 0.3 is 0 Å². The van der Waals surface area contributed by atoms with Crippen LogP contribution in [0.25, 0.3) is 0 Å². The number of hydrogen-bond acceptors (Lipinski definition) is 5. The fraction of sp³-hybridized carbons (Fsp3) is 0.364. The minimum atomic E-state index is -4.02. The second kappa shape index (κ2) is 5.34. The van der Waals surface area contributed by atoms with Gasteiger partial charge in [0.2, 0.25) is 10.0 Å². The van der Waals surface area contributed by atoms with E-state index in [0.29, 0.717) is 0 Å². The highest BCUT2D eigenvalue weighted by Crippen LogP contribution is 2.23. The molecular weight excluding hydrogens is 270 g/mol. The standard InChI is InChI=1S/C11H13N3O4S/c1-11(2,7-12)8-13-19(17,18)10-6-4-3-5-9(10)14(15)16/h3-6,13H,8H2,1-2H3. The number of nitriles is 1. The SMILES string of the molecule is CC(C)(C#N)CNS(=O)(=O)c1ccccc1[N+](=O)[O-]. The van der Waals surface area contributed by atoms with Gasteiger partial charge in [-0.25, -0.2) is 13.1 Å². The van der Waals surface area contributed by atoms with Crippen LogP contribution in [0.3, 0.4) is 0 Å². The van der Waals surface area contributed by atoms with E-state index in [-0.39, 0.29) is 6.54 Å². The summed E-state index contributed by atoms with van der Waals surface area (Å²) in [4.78, 5) is 9.62. The number of nitro groups is 1. The molecule has 0 saturated carbocycles. The normalized spacial score (nSPS) is 11.8. The summed E-state index contributed by atoms with van der Waals surface area (Å²) < 4.78 is 26.2. The minimum absolute atomic E-state index is 0.127. The first kappa shape index (κ1) is 15.1. The van der Waals surface area contributed by atoms with Crippen molar-refractivity contribution in [3.63, 3.8) is 0 Å². The first-order valence-corrected chi connectivity index (χ1v) is 6.82. The lowest BCUT2D eigenvalue weighted by atomic mass is 9.97. The monoisotopic (exact) mass is 283 g/mol. The van der Waals surface area contributed by atoms with Crippen molar-refractivity contribution in [2.45, 2.75) is 18.7 Å². The number of para-hydroxylation sites is 1. The zero-order chi connectivity index (χ0) is 14.7. The molecule has 0 heterocycles. The third-order valence-electron chi connectivity index (χ3n) is 2.36. The van der Waals surface area contributed by atoms with Crippen molar-refractivity contribution in [3.8, 4) is 6.07 Å². The molecule has 7 nitrogen and oxygen atoms in total. The lowest BCUT2D eigenvalue weighted by molar-refractivity contribution is -0.387. The highest BCUT2D eigenvalue weighted by Gasteiger charge is 2.27. The Bertz CT molecular complexity index is 632. The van der Waals surface area contributed by atoms with Crippen LogP contribution in [0.4, 0.5) is 5.69 Å². The molecule has 0 aliphatic heterocycles. The summed E-state index contributed by atoms with van der Waals surface area (Å²) in [6, 6.07) is 6.99. The Morgan fingerprint density at radius 3 is 2.53 bits per heavy atom. The first-order chi connectivity index (χ1) is 8.69. The quantitative estimate of drug-likeness (QED) is 0.648. The molecule has 0 aliphatic carbocycles. The van der Waals surface area contributed by atoms with Crippen LogP contribution in [0.15, 0.2) is 29.2 Å². The van der Waals surface area contributed by atoms with Crippen LogP contribution in [-0.4, -0.2) is 19.9 Å². The average molecular weight is 283 g/mol. The molecule has 0 saturated heterocycles. The molecule has 0 atom stereocenters. The lowest BCUT2D eigenvalue weighted by Crippen LogP contribution is -2.33. The molecule has 19 heavy (non-hydrogen) atoms. The van der Waals surface area contributed by atoms with Gasteiger partial charge in [-0.2, -0.15) is 5.26 Å². The van der Waals surface area contributed by atoms with Crippen molar-refractivity contribution < 1.29 is 13.3 Å². The Hall–Kier alpha value is -1.98. The highest BCUT2D eigenvalue weighted by atomic mass is 32.2. The van der Waals surface area contributed by atoms with Gasteiger partial charge in [0.1, 0.15) is 0 Å². The third-order valence-corrected chi connectivity index (χ3v) is 3.81. The van der Waals surface area contributed by atoms with E-state index in [1.54, 1.807) is 13.8 Å². The smallest absolute Gasteiger partial charge is 0.258 e. The number of nitrogens with zero attached hydrogens (tertiary/aromatic N) is 2. The molecule has 0 bridgehead atoms. The molecule has 0 amide bonds. The molecule has 0 aromatic heterocycles. The Labute approximate surface area is 111 Å². The van der Waals surface area contributed by atoms with E-state index in [1.807, 2.05) is 6.07 Å². The molecule has 1 N–H and O–H groups in total. The third kappa shape index (κ3) is 3.74. The number of benzene rings is 1. The van der Waals surface area contributed by atoms with Gasteiger partial charge in [0.15, 0.2) is 4.90 Å². The summed E-state index contributed by atoms with van der Waals surface area (Å²) in [5.74, 6) is 0. The van der Waals surface area contributed by atoms with Crippen LogP contribution in [0.2, 0.25) is 0 Å². The van der Waals surface area contributed by atoms with Crippen molar-refractivity contribution in [1.82, 2.24) is 4.72 Å². The minimum Gasteiger partial charge on any atom is -0.258 e. The molecule has 8 heteroatoms. The average Bonchev–Trinajstić information content (AvgIpc) is 2.37. The van der Waals surface area contributed by atoms with Crippen LogP contribution < -0.4 is 4.72 Å². The van der Waals surface area contributed by atoms with Gasteiger partial charge in [-0.1, -0.05) is 12.1 Å². The summed E-state index contributed by atoms with van der Waals surface area (Å²) in [6.45, 7) is 3.00. The van der Waals surface area contributed by atoms with Gasteiger partial charge in [-0.3, -0.25) is 10.1 Å². The molecule has 1 aromatic carbocycles. The number of nitro benzene ring substituents is 1. The molecule has 0 aliphatic rings. The van der Waals surface area contributed by atoms with E-state index >= 15 is 0 Å². The van der Waals surface area contributed by atoms with Gasteiger partial charge in [-0.15, -0.1) is 0 Å². The second-order valence-electron chi connectivity index (χ2n) is 4.55. The Morgan fingerprint density at radius 1 is 1.42 bits per heavy atom. The molecule has 0 radical (unpaired) electrons. The predicted molar refractivity (Wildman–Crippen MR) is 67.7 cm³/mol. The Kier molecular flexibility index (Phi) is 4.24. The van der Waals surface area contributed by atoms with Crippen LogP contribution in [0, 0.1) is 26.9 Å². The molecule has 0 spiro atoms. The highest BCUT2D eigenvalue weighted by molar-refractivity contribution is 7.89. The van der Waals surface area contributed by atoms with Gasteiger partial charge in [0, 0.05) is 12.6 Å². The largest absolute Gasteiger partial charge is 0.289 e. The maximum atomic E-state index is 12.0. The van der Waals surface area contributed by atoms with Crippen molar-refractivity contribution >= 4 is 15.7 Å². The van der Waals surface area contributed by atoms with Gasteiger partial charge in [0.05, 0.1) is 16.4 Å². The summed E-state index contributed by atoms with van der Waals surface area (Å²) in [5, 5.41) is 19.6. The van der Waals surface area contributed by atoms with Crippen molar-refractivity contribution in [2.75, 3.05) is 6.54 Å². The number of hydrogen-bond donors (Lipinski definition) is 1. The number of sulfonamides is 1. The molecular formula is C11H13N3O4S. The number of rotatable bonds is 5. The van der Waals surface area contributed by atoms with Gasteiger partial charge in [0.25, 0.3) is 5.69 Å². The van der Waals surface area contributed by atoms with E-state index in [2.05, 4.69) is 4.72 Å². The molecule has 0 unspecified atom stereocenters. The van der Waals surface area contributed by atoms with Crippen LogP contribution in [0.5, 0.6) is 0 Å². The summed E-state index contributed by atoms with van der Waals surface area (Å²) in [6.07, 6.45) is 0. The van der Waals surface area contributed by atoms with Crippen molar-refractivity contribution in [2.24, 2.45) is 5.41 Å². The number of nitrogens with one attached hydrogen (secondary N) is 1. The first-order valence-electron chi connectivity index (χ1n) is 5.34. The summed E-state index contributed by atoms with van der Waals surface area (Å²) in [7, 11) is -4.02. The zero-order valence-electron chi connectivity index (χ0n) is 10.5. The fourth-order valence-corrected chi connectivity index (χ4v) is 2.61. The van der Waals surface area contributed by atoms with Crippen LogP contribution in [0.1, 0.15) is 13.8 Å². The summed E-state index contributed by atoms with van der Waals surface area (Å²) >= 11 is 0. The molecule has 102 valence electrons. The van der Waals surface area contributed by atoms with E-state index in [1.165, 1.54) is 12.1 Å². The van der Waals surface area contributed by atoms with E-state index in [9.17, 15) is 18.5 Å². The zero-order valence-corrected chi connectivity index (χ0v) is 11.3. The second-order valence-corrected chi connectivity index (χ2v) is 6.28. The lowest BCUT2D eigenvalue weighted by Gasteiger charge is -2.15. The van der Waals surface area contributed by atoms with Gasteiger partial charge < -0.3 is 0 Å². The van der Waals surface area contributed by atoms with Crippen molar-refractivity contribution in [3.05, 3.63) is 34.4 Å². The Morgan fingerprint density at radius 2 is 2.00 bits per heavy atom. The maximum absolute atomic E-state index is 12.0. The van der Waals surface area contributed by atoms with Crippen LogP contribution >= 0.6 is 0 Å².